The van der Waals surface area contributed by atoms with Crippen LogP contribution in [0.25, 0.3) is 0 Å². The van der Waals surface area contributed by atoms with Gasteiger partial charge in [0.15, 0.2) is 0 Å². The molecule has 3 atom stereocenters. The van der Waals surface area contributed by atoms with Crippen LogP contribution in [0, 0.1) is 11.8 Å². The van der Waals surface area contributed by atoms with Gasteiger partial charge in [0.2, 0.25) is 11.8 Å². The van der Waals surface area contributed by atoms with Crippen LogP contribution < -0.4 is 10.6 Å². The third kappa shape index (κ3) is 4.30. The first-order valence-corrected chi connectivity index (χ1v) is 8.17. The van der Waals surface area contributed by atoms with Crippen molar-refractivity contribution in [2.24, 2.45) is 11.8 Å². The molecule has 2 amide bonds. The van der Waals surface area contributed by atoms with Crippen LogP contribution in [0.1, 0.15) is 32.1 Å². The Morgan fingerprint density at radius 1 is 1.18 bits per heavy atom. The summed E-state index contributed by atoms with van der Waals surface area (Å²) >= 11 is 0. The highest BCUT2D eigenvalue weighted by atomic mass is 16.5. The van der Waals surface area contributed by atoms with Crippen LogP contribution in [0.4, 0.5) is 0 Å². The van der Waals surface area contributed by atoms with Crippen molar-refractivity contribution < 1.29 is 19.4 Å². The van der Waals surface area contributed by atoms with Gasteiger partial charge in [-0.05, 0) is 31.6 Å². The maximum atomic E-state index is 11.8. The molecule has 0 unspecified atom stereocenters. The lowest BCUT2D eigenvalue weighted by Gasteiger charge is -2.31. The van der Waals surface area contributed by atoms with Gasteiger partial charge in [-0.1, -0.05) is 12.2 Å². The minimum Gasteiger partial charge on any atom is -0.394 e. The maximum absolute atomic E-state index is 11.8. The molecule has 2 aliphatic carbocycles. The molecule has 0 aromatic rings. The largest absolute Gasteiger partial charge is 0.394 e. The Morgan fingerprint density at radius 2 is 1.95 bits per heavy atom. The fourth-order valence-electron chi connectivity index (χ4n) is 2.60. The molecule has 0 spiro atoms. The molecule has 0 aromatic carbocycles. The highest BCUT2D eigenvalue weighted by molar-refractivity contribution is 5.81. The standard InChI is InChI=1S/C16H24N2O4/c19-9-14-13(18-16(21)11-3-4-11)6-5-12(22-14)7-15(20)17-8-10-1-2-10/h5-6,10-14,19H,1-4,7-9H2,(H,17,20)(H,18,21)/t12-,13-,14+/m0/s1. The average Bonchev–Trinajstić information content (AvgIpc) is 3.40. The fraction of sp³-hybridized carbons (Fsp3) is 0.750. The Balaban J connectivity index is 1.47. The zero-order chi connectivity index (χ0) is 15.5. The van der Waals surface area contributed by atoms with Gasteiger partial charge in [-0.25, -0.2) is 0 Å². The summed E-state index contributed by atoms with van der Waals surface area (Å²) in [5.41, 5.74) is 0. The topological polar surface area (TPSA) is 87.7 Å². The molecule has 122 valence electrons. The first kappa shape index (κ1) is 15.5. The molecule has 22 heavy (non-hydrogen) atoms. The summed E-state index contributed by atoms with van der Waals surface area (Å²) in [6.45, 7) is 0.568. The number of rotatable bonds is 7. The number of hydrogen-bond donors (Lipinski definition) is 3. The zero-order valence-electron chi connectivity index (χ0n) is 12.7. The Hall–Kier alpha value is -1.40. The van der Waals surface area contributed by atoms with Crippen molar-refractivity contribution in [2.45, 2.75) is 50.4 Å². The molecule has 6 nitrogen and oxygen atoms in total. The second-order valence-corrected chi connectivity index (χ2v) is 6.54. The van der Waals surface area contributed by atoms with Gasteiger partial charge in [0.05, 0.1) is 25.2 Å². The molecule has 6 heteroatoms. The third-order valence-electron chi connectivity index (χ3n) is 4.39. The lowest BCUT2D eigenvalue weighted by Crippen LogP contribution is -2.49. The number of aliphatic hydroxyl groups is 1. The van der Waals surface area contributed by atoms with Crippen molar-refractivity contribution in [1.82, 2.24) is 10.6 Å². The molecule has 2 saturated carbocycles. The van der Waals surface area contributed by atoms with E-state index < -0.39 is 6.10 Å². The van der Waals surface area contributed by atoms with Crippen LogP contribution in [0.15, 0.2) is 12.2 Å². The lowest BCUT2D eigenvalue weighted by molar-refractivity contribution is -0.128. The highest BCUT2D eigenvalue weighted by Gasteiger charge is 2.34. The molecule has 1 heterocycles. The van der Waals surface area contributed by atoms with Crippen LogP contribution in [0.5, 0.6) is 0 Å². The predicted molar refractivity (Wildman–Crippen MR) is 79.9 cm³/mol. The summed E-state index contributed by atoms with van der Waals surface area (Å²) in [7, 11) is 0. The minimum absolute atomic E-state index is 0.0253. The van der Waals surface area contributed by atoms with Crippen LogP contribution in [0.3, 0.4) is 0 Å². The normalized spacial score (nSPS) is 30.9. The molecule has 3 rings (SSSR count). The molecule has 1 aliphatic heterocycles. The summed E-state index contributed by atoms with van der Waals surface area (Å²) in [5, 5.41) is 15.3. The molecule has 3 aliphatic rings. The van der Waals surface area contributed by atoms with Crippen molar-refractivity contribution in [3.05, 3.63) is 12.2 Å². The van der Waals surface area contributed by atoms with Crippen molar-refractivity contribution >= 4 is 11.8 Å². The van der Waals surface area contributed by atoms with Gasteiger partial charge in [0.25, 0.3) is 0 Å². The van der Waals surface area contributed by atoms with Gasteiger partial charge in [0.1, 0.15) is 6.10 Å². The van der Waals surface area contributed by atoms with E-state index in [2.05, 4.69) is 10.6 Å². The molecule has 0 radical (unpaired) electrons. The van der Waals surface area contributed by atoms with Crippen LogP contribution in [-0.4, -0.2) is 48.3 Å². The van der Waals surface area contributed by atoms with E-state index in [-0.39, 0.29) is 42.9 Å². The van der Waals surface area contributed by atoms with E-state index in [0.29, 0.717) is 5.92 Å². The summed E-state index contributed by atoms with van der Waals surface area (Å²) < 4.78 is 5.73. The fourth-order valence-corrected chi connectivity index (χ4v) is 2.60. The van der Waals surface area contributed by atoms with Gasteiger partial charge in [-0.2, -0.15) is 0 Å². The van der Waals surface area contributed by atoms with E-state index in [9.17, 15) is 14.7 Å². The van der Waals surface area contributed by atoms with Gasteiger partial charge in [-0.15, -0.1) is 0 Å². The maximum Gasteiger partial charge on any atom is 0.223 e. The van der Waals surface area contributed by atoms with Crippen molar-refractivity contribution in [3.63, 3.8) is 0 Å². The van der Waals surface area contributed by atoms with Gasteiger partial charge in [0, 0.05) is 12.5 Å². The van der Waals surface area contributed by atoms with Crippen LogP contribution in [0.2, 0.25) is 0 Å². The molecular weight excluding hydrogens is 284 g/mol. The molecule has 0 saturated heterocycles. The smallest absolute Gasteiger partial charge is 0.223 e. The molecule has 3 N–H and O–H groups in total. The van der Waals surface area contributed by atoms with Gasteiger partial charge >= 0.3 is 0 Å². The SMILES string of the molecule is O=C(C[C@@H]1C=C[C@H](NC(=O)C2CC2)[C@@H](CO)O1)NCC1CC1. The number of hydrogen-bond acceptors (Lipinski definition) is 4. The number of aliphatic hydroxyl groups excluding tert-OH is 1. The average molecular weight is 308 g/mol. The highest BCUT2D eigenvalue weighted by Crippen LogP contribution is 2.29. The third-order valence-corrected chi connectivity index (χ3v) is 4.39. The minimum atomic E-state index is -0.492. The number of nitrogens with one attached hydrogen (secondary N) is 2. The van der Waals surface area contributed by atoms with E-state index in [1.807, 2.05) is 6.08 Å². The first-order valence-electron chi connectivity index (χ1n) is 8.17. The lowest BCUT2D eigenvalue weighted by atomic mass is 10.0. The number of ether oxygens (including phenoxy) is 1. The Kier molecular flexibility index (Phi) is 4.78. The number of carbonyl (C=O) groups excluding carboxylic acids is 2. The van der Waals surface area contributed by atoms with E-state index in [4.69, 9.17) is 4.74 Å². The van der Waals surface area contributed by atoms with Crippen LogP contribution >= 0.6 is 0 Å². The molecule has 0 bridgehead atoms. The molecular formula is C16H24N2O4. The summed E-state index contributed by atoms with van der Waals surface area (Å²) in [6, 6.07) is -0.316. The van der Waals surface area contributed by atoms with Gasteiger partial charge < -0.3 is 20.5 Å². The summed E-state index contributed by atoms with van der Waals surface area (Å²) in [6.07, 6.45) is 7.35. The Labute approximate surface area is 130 Å². The predicted octanol–water partition coefficient (Wildman–Crippen LogP) is 0.113. The van der Waals surface area contributed by atoms with E-state index in [0.717, 1.165) is 19.4 Å². The number of amides is 2. The van der Waals surface area contributed by atoms with E-state index >= 15 is 0 Å². The van der Waals surface area contributed by atoms with Crippen molar-refractivity contribution in [2.75, 3.05) is 13.2 Å². The zero-order valence-corrected chi connectivity index (χ0v) is 12.7. The second kappa shape index (κ2) is 6.79. The Bertz CT molecular complexity index is 457. The van der Waals surface area contributed by atoms with Crippen LogP contribution in [-0.2, 0) is 14.3 Å². The van der Waals surface area contributed by atoms with Gasteiger partial charge in [-0.3, -0.25) is 9.59 Å². The monoisotopic (exact) mass is 308 g/mol. The van der Waals surface area contributed by atoms with Crippen molar-refractivity contribution in [1.29, 1.82) is 0 Å². The Morgan fingerprint density at radius 3 is 2.59 bits per heavy atom. The first-order chi connectivity index (χ1) is 10.7. The quantitative estimate of drug-likeness (QED) is 0.583. The van der Waals surface area contributed by atoms with Crippen molar-refractivity contribution in [3.8, 4) is 0 Å². The van der Waals surface area contributed by atoms with E-state index in [1.54, 1.807) is 6.08 Å². The summed E-state index contributed by atoms with van der Waals surface area (Å²) in [4.78, 5) is 23.6. The number of carbonyl (C=O) groups is 2. The molecule has 0 aromatic heterocycles. The second-order valence-electron chi connectivity index (χ2n) is 6.54. The molecule has 2 fully saturated rings. The summed E-state index contributed by atoms with van der Waals surface area (Å²) in [5.74, 6) is 0.772. The van der Waals surface area contributed by atoms with E-state index in [1.165, 1.54) is 12.8 Å².